The van der Waals surface area contributed by atoms with Crippen LogP contribution in [0.4, 0.5) is 5.82 Å². The fourth-order valence-corrected chi connectivity index (χ4v) is 1.22. The van der Waals surface area contributed by atoms with Crippen LogP contribution in [0.15, 0.2) is 18.3 Å². The third kappa shape index (κ3) is 1.83. The van der Waals surface area contributed by atoms with Gasteiger partial charge in [0.1, 0.15) is 5.82 Å². The Labute approximate surface area is 74.2 Å². The monoisotopic (exact) mass is 248 g/mol. The van der Waals surface area contributed by atoms with E-state index in [0.29, 0.717) is 0 Å². The number of hydrogen-bond acceptors (Lipinski definition) is 2. The summed E-state index contributed by atoms with van der Waals surface area (Å²) in [6, 6.07) is 3.97. The van der Waals surface area contributed by atoms with Gasteiger partial charge in [-0.25, -0.2) is 4.98 Å². The first kappa shape index (κ1) is 7.78. The number of halogens is 1. The van der Waals surface area contributed by atoms with E-state index in [1.54, 1.807) is 6.20 Å². The molecule has 10 heavy (non-hydrogen) atoms. The number of rotatable bonds is 2. The molecule has 0 spiro atoms. The van der Waals surface area contributed by atoms with Gasteiger partial charge in [-0.15, -0.1) is 0 Å². The molecule has 1 N–H and O–H groups in total. The van der Waals surface area contributed by atoms with Crippen molar-refractivity contribution in [2.45, 2.75) is 6.92 Å². The van der Waals surface area contributed by atoms with Gasteiger partial charge in [0.2, 0.25) is 0 Å². The number of aromatic nitrogens is 1. The van der Waals surface area contributed by atoms with Crippen LogP contribution in [0.1, 0.15) is 6.92 Å². The second kappa shape index (κ2) is 3.75. The lowest BCUT2D eigenvalue weighted by atomic mass is 10.4. The van der Waals surface area contributed by atoms with Gasteiger partial charge >= 0.3 is 0 Å². The summed E-state index contributed by atoms with van der Waals surface area (Å²) in [6.45, 7) is 2.98. The fourth-order valence-electron chi connectivity index (χ4n) is 0.683. The lowest BCUT2D eigenvalue weighted by Crippen LogP contribution is -2.00. The molecule has 0 aliphatic carbocycles. The number of nitrogens with zero attached hydrogens (tertiary/aromatic N) is 1. The Balaban J connectivity index is 2.81. The van der Waals surface area contributed by atoms with E-state index < -0.39 is 0 Å². The molecule has 0 saturated carbocycles. The molecule has 0 unspecified atom stereocenters. The smallest absolute Gasteiger partial charge is 0.139 e. The predicted molar refractivity (Wildman–Crippen MR) is 51.1 cm³/mol. The Hall–Kier alpha value is -0.320. The van der Waals surface area contributed by atoms with E-state index >= 15 is 0 Å². The summed E-state index contributed by atoms with van der Waals surface area (Å²) < 4.78 is 1.17. The van der Waals surface area contributed by atoms with Crippen LogP contribution < -0.4 is 5.32 Å². The van der Waals surface area contributed by atoms with Crippen molar-refractivity contribution in [1.29, 1.82) is 0 Å². The van der Waals surface area contributed by atoms with Crippen molar-refractivity contribution in [3.8, 4) is 0 Å². The largest absolute Gasteiger partial charge is 0.369 e. The van der Waals surface area contributed by atoms with Gasteiger partial charge in [0.15, 0.2) is 0 Å². The zero-order chi connectivity index (χ0) is 7.40. The topological polar surface area (TPSA) is 24.9 Å². The Morgan fingerprint density at radius 3 is 3.10 bits per heavy atom. The maximum Gasteiger partial charge on any atom is 0.139 e. The van der Waals surface area contributed by atoms with Gasteiger partial charge in [-0.05, 0) is 41.6 Å². The minimum Gasteiger partial charge on any atom is -0.369 e. The first-order chi connectivity index (χ1) is 4.84. The summed E-state index contributed by atoms with van der Waals surface area (Å²) in [5.74, 6) is 0.977. The molecule has 3 heteroatoms. The molecule has 0 aliphatic rings. The van der Waals surface area contributed by atoms with E-state index in [1.807, 2.05) is 12.1 Å². The molecule has 1 aromatic heterocycles. The molecule has 0 saturated heterocycles. The molecule has 1 rings (SSSR count). The molecule has 0 amide bonds. The molecular weight excluding hydrogens is 239 g/mol. The molecule has 1 aromatic rings. The average Bonchev–Trinajstić information content (AvgIpc) is 1.94. The summed E-state index contributed by atoms with van der Waals surface area (Å²) in [6.07, 6.45) is 1.79. The highest BCUT2D eigenvalue weighted by molar-refractivity contribution is 14.1. The maximum atomic E-state index is 4.15. The highest BCUT2D eigenvalue weighted by Crippen LogP contribution is 2.12. The van der Waals surface area contributed by atoms with E-state index in [0.717, 1.165) is 12.4 Å². The van der Waals surface area contributed by atoms with Crippen LogP contribution in [-0.2, 0) is 0 Å². The van der Waals surface area contributed by atoms with Crippen LogP contribution in [0.25, 0.3) is 0 Å². The molecule has 1 heterocycles. The maximum absolute atomic E-state index is 4.15. The number of hydrogen-bond donors (Lipinski definition) is 1. The molecule has 0 bridgehead atoms. The van der Waals surface area contributed by atoms with Crippen molar-refractivity contribution >= 4 is 28.4 Å². The minimum absolute atomic E-state index is 0.924. The molecule has 2 nitrogen and oxygen atoms in total. The highest BCUT2D eigenvalue weighted by Gasteiger charge is 1.94. The van der Waals surface area contributed by atoms with E-state index in [-0.39, 0.29) is 0 Å². The SMILES string of the molecule is CCNc1ncccc1I. The number of anilines is 1. The Kier molecular flexibility index (Phi) is 2.92. The Bertz CT molecular complexity index is 213. The molecule has 0 aromatic carbocycles. The van der Waals surface area contributed by atoms with Crippen LogP contribution >= 0.6 is 22.6 Å². The van der Waals surface area contributed by atoms with Crippen molar-refractivity contribution in [2.75, 3.05) is 11.9 Å². The lowest BCUT2D eigenvalue weighted by Gasteiger charge is -2.02. The zero-order valence-electron chi connectivity index (χ0n) is 5.76. The van der Waals surface area contributed by atoms with Crippen LogP contribution in [0.2, 0.25) is 0 Å². The quantitative estimate of drug-likeness (QED) is 0.811. The van der Waals surface area contributed by atoms with E-state index in [1.165, 1.54) is 3.57 Å². The van der Waals surface area contributed by atoms with Gasteiger partial charge in [-0.1, -0.05) is 0 Å². The fraction of sp³-hybridized carbons (Fsp3) is 0.286. The summed E-state index contributed by atoms with van der Waals surface area (Å²) in [5.41, 5.74) is 0. The predicted octanol–water partition coefficient (Wildman–Crippen LogP) is 2.12. The summed E-state index contributed by atoms with van der Waals surface area (Å²) in [4.78, 5) is 4.15. The summed E-state index contributed by atoms with van der Waals surface area (Å²) in [7, 11) is 0. The van der Waals surface area contributed by atoms with Gasteiger partial charge in [0.05, 0.1) is 3.57 Å². The van der Waals surface area contributed by atoms with Crippen molar-refractivity contribution in [3.63, 3.8) is 0 Å². The minimum atomic E-state index is 0.924. The molecule has 0 aliphatic heterocycles. The van der Waals surface area contributed by atoms with Crippen molar-refractivity contribution in [1.82, 2.24) is 4.98 Å². The van der Waals surface area contributed by atoms with Gasteiger partial charge < -0.3 is 5.32 Å². The van der Waals surface area contributed by atoms with E-state index in [9.17, 15) is 0 Å². The first-order valence-corrected chi connectivity index (χ1v) is 4.27. The van der Waals surface area contributed by atoms with Crippen LogP contribution in [0.3, 0.4) is 0 Å². The van der Waals surface area contributed by atoms with Crippen LogP contribution in [-0.4, -0.2) is 11.5 Å². The van der Waals surface area contributed by atoms with Crippen molar-refractivity contribution < 1.29 is 0 Å². The molecule has 0 fully saturated rings. The molecule has 0 radical (unpaired) electrons. The van der Waals surface area contributed by atoms with Gasteiger partial charge in [0.25, 0.3) is 0 Å². The molecule has 0 atom stereocenters. The number of nitrogens with one attached hydrogen (secondary N) is 1. The van der Waals surface area contributed by atoms with Crippen LogP contribution in [0.5, 0.6) is 0 Å². The Morgan fingerprint density at radius 2 is 2.50 bits per heavy atom. The third-order valence-electron chi connectivity index (χ3n) is 1.10. The zero-order valence-corrected chi connectivity index (χ0v) is 7.92. The Morgan fingerprint density at radius 1 is 1.70 bits per heavy atom. The van der Waals surface area contributed by atoms with Gasteiger partial charge in [-0.3, -0.25) is 0 Å². The van der Waals surface area contributed by atoms with E-state index in [2.05, 4.69) is 39.8 Å². The average molecular weight is 248 g/mol. The van der Waals surface area contributed by atoms with E-state index in [4.69, 9.17) is 0 Å². The van der Waals surface area contributed by atoms with Gasteiger partial charge in [-0.2, -0.15) is 0 Å². The lowest BCUT2D eigenvalue weighted by molar-refractivity contribution is 1.15. The number of pyridine rings is 1. The van der Waals surface area contributed by atoms with Gasteiger partial charge in [0, 0.05) is 12.7 Å². The summed E-state index contributed by atoms with van der Waals surface area (Å²) in [5, 5.41) is 3.16. The second-order valence-electron chi connectivity index (χ2n) is 1.86. The molecule has 54 valence electrons. The van der Waals surface area contributed by atoms with Crippen LogP contribution in [0, 0.1) is 3.57 Å². The van der Waals surface area contributed by atoms with Crippen molar-refractivity contribution in [3.05, 3.63) is 21.9 Å². The third-order valence-corrected chi connectivity index (χ3v) is 1.97. The standard InChI is InChI=1S/C7H9IN2/c1-2-9-7-6(8)4-3-5-10-7/h3-5H,2H2,1H3,(H,9,10). The normalized spacial score (nSPS) is 9.40. The summed E-state index contributed by atoms with van der Waals surface area (Å²) >= 11 is 2.26. The van der Waals surface area contributed by atoms with Crippen molar-refractivity contribution in [2.24, 2.45) is 0 Å². The highest BCUT2D eigenvalue weighted by atomic mass is 127. The molecular formula is C7H9IN2. The first-order valence-electron chi connectivity index (χ1n) is 3.19. The second-order valence-corrected chi connectivity index (χ2v) is 3.03.